The van der Waals surface area contributed by atoms with Crippen LogP contribution in [-0.4, -0.2) is 47.0 Å². The first-order chi connectivity index (χ1) is 14.2. The van der Waals surface area contributed by atoms with E-state index in [1.807, 2.05) is 0 Å². The third-order valence-electron chi connectivity index (χ3n) is 4.41. The van der Waals surface area contributed by atoms with Crippen LogP contribution in [-0.2, 0) is 14.8 Å². The van der Waals surface area contributed by atoms with Crippen molar-refractivity contribution in [1.29, 1.82) is 0 Å². The van der Waals surface area contributed by atoms with Gasteiger partial charge in [0, 0.05) is 10.5 Å². The van der Waals surface area contributed by atoms with Crippen LogP contribution in [0.3, 0.4) is 0 Å². The Bertz CT molecular complexity index is 1080. The Morgan fingerprint density at radius 2 is 1.80 bits per heavy atom. The molecule has 0 radical (unpaired) electrons. The van der Waals surface area contributed by atoms with E-state index in [9.17, 15) is 18.0 Å². The number of rotatable bonds is 9. The molecular formula is C20H20BrNO7S. The molecule has 0 saturated heterocycles. The van der Waals surface area contributed by atoms with Gasteiger partial charge in [-0.05, 0) is 65.2 Å². The molecule has 3 rings (SSSR count). The lowest BCUT2D eigenvalue weighted by molar-refractivity contribution is 0.0472. The fourth-order valence-electron chi connectivity index (χ4n) is 2.64. The van der Waals surface area contributed by atoms with Gasteiger partial charge in [0.1, 0.15) is 11.5 Å². The highest BCUT2D eigenvalue weighted by Gasteiger charge is 2.29. The molecular weight excluding hydrogens is 478 g/mol. The molecule has 1 aliphatic carbocycles. The van der Waals surface area contributed by atoms with Crippen LogP contribution in [0.25, 0.3) is 0 Å². The molecule has 1 aliphatic rings. The van der Waals surface area contributed by atoms with Gasteiger partial charge >= 0.3 is 5.97 Å². The van der Waals surface area contributed by atoms with Crippen LogP contribution in [0.4, 0.5) is 0 Å². The molecule has 0 unspecified atom stereocenters. The van der Waals surface area contributed by atoms with Crippen LogP contribution in [0.2, 0.25) is 0 Å². The Labute approximate surface area is 182 Å². The molecule has 30 heavy (non-hydrogen) atoms. The summed E-state index contributed by atoms with van der Waals surface area (Å²) in [4.78, 5) is 25.0. The van der Waals surface area contributed by atoms with Gasteiger partial charge in [0.25, 0.3) is 0 Å². The average Bonchev–Trinajstić information content (AvgIpc) is 3.54. The van der Waals surface area contributed by atoms with E-state index in [0.29, 0.717) is 16.0 Å². The van der Waals surface area contributed by atoms with Crippen molar-refractivity contribution in [2.75, 3.05) is 20.8 Å². The minimum absolute atomic E-state index is 0.000853. The number of sulfonamides is 1. The molecule has 1 saturated carbocycles. The smallest absolute Gasteiger partial charge is 0.339 e. The highest BCUT2D eigenvalue weighted by Crippen LogP contribution is 2.27. The number of Topliss-reactive ketones (excluding diaryl/α,β-unsaturated/α-hetero) is 1. The van der Waals surface area contributed by atoms with E-state index in [2.05, 4.69) is 20.7 Å². The van der Waals surface area contributed by atoms with Crippen molar-refractivity contribution in [2.24, 2.45) is 0 Å². The van der Waals surface area contributed by atoms with Crippen LogP contribution >= 0.6 is 15.9 Å². The van der Waals surface area contributed by atoms with E-state index in [0.717, 1.165) is 12.8 Å². The number of carbonyl (C=O) groups excluding carboxylic acids is 2. The Morgan fingerprint density at radius 1 is 1.07 bits per heavy atom. The molecule has 8 nitrogen and oxygen atoms in total. The maximum absolute atomic E-state index is 12.5. The van der Waals surface area contributed by atoms with Crippen LogP contribution in [0.15, 0.2) is 45.8 Å². The number of halogens is 1. The number of esters is 1. The molecule has 1 fully saturated rings. The number of carbonyl (C=O) groups is 2. The molecule has 2 aromatic carbocycles. The average molecular weight is 498 g/mol. The third kappa shape index (κ3) is 5.18. The molecule has 0 aromatic heterocycles. The zero-order valence-corrected chi connectivity index (χ0v) is 18.7. The minimum Gasteiger partial charge on any atom is -0.497 e. The predicted molar refractivity (Wildman–Crippen MR) is 112 cm³/mol. The van der Waals surface area contributed by atoms with E-state index in [1.165, 1.54) is 38.5 Å². The molecule has 0 spiro atoms. The Hall–Kier alpha value is -2.43. The summed E-state index contributed by atoms with van der Waals surface area (Å²) in [5.74, 6) is -0.554. The van der Waals surface area contributed by atoms with Gasteiger partial charge in [0.2, 0.25) is 15.8 Å². The molecule has 160 valence electrons. The topological polar surface area (TPSA) is 108 Å². The van der Waals surface area contributed by atoms with E-state index in [4.69, 9.17) is 14.2 Å². The van der Waals surface area contributed by atoms with Crippen LogP contribution < -0.4 is 14.2 Å². The van der Waals surface area contributed by atoms with E-state index in [1.54, 1.807) is 12.1 Å². The van der Waals surface area contributed by atoms with Crippen molar-refractivity contribution in [1.82, 2.24) is 4.72 Å². The van der Waals surface area contributed by atoms with Gasteiger partial charge in [-0.2, -0.15) is 0 Å². The number of methoxy groups -OCH3 is 2. The lowest BCUT2D eigenvalue weighted by atomic mass is 10.1. The normalized spacial score (nSPS) is 13.6. The zero-order valence-electron chi connectivity index (χ0n) is 16.3. The standard InChI is InChI=1S/C20H20BrNO7S/c1-27-13-5-8-19(28-2)16(9-13)18(23)11-29-20(24)15-10-14(6-7-17(15)21)30(25,26)22-12-3-4-12/h5-10,12,22H,3-4,11H2,1-2H3. The fraction of sp³-hybridized carbons (Fsp3) is 0.300. The largest absolute Gasteiger partial charge is 0.497 e. The van der Waals surface area contributed by atoms with E-state index < -0.39 is 28.4 Å². The Morgan fingerprint density at radius 3 is 2.43 bits per heavy atom. The quantitative estimate of drug-likeness (QED) is 0.419. The summed E-state index contributed by atoms with van der Waals surface area (Å²) < 4.78 is 43.1. The number of hydrogen-bond donors (Lipinski definition) is 1. The first kappa shape index (κ1) is 22.3. The molecule has 0 heterocycles. The zero-order chi connectivity index (χ0) is 21.9. The summed E-state index contributed by atoms with van der Waals surface area (Å²) in [5.41, 5.74) is 0.202. The number of ketones is 1. The van der Waals surface area contributed by atoms with Crippen LogP contribution in [0.5, 0.6) is 11.5 Å². The molecule has 2 aromatic rings. The predicted octanol–water partition coefficient (Wildman–Crippen LogP) is 2.95. The van der Waals surface area contributed by atoms with Crippen molar-refractivity contribution >= 4 is 37.7 Å². The van der Waals surface area contributed by atoms with E-state index >= 15 is 0 Å². The summed E-state index contributed by atoms with van der Waals surface area (Å²) in [6.45, 7) is -0.550. The van der Waals surface area contributed by atoms with Crippen LogP contribution in [0, 0.1) is 0 Å². The summed E-state index contributed by atoms with van der Waals surface area (Å²) >= 11 is 3.22. The van der Waals surface area contributed by atoms with Gasteiger partial charge < -0.3 is 14.2 Å². The monoisotopic (exact) mass is 497 g/mol. The maximum atomic E-state index is 12.5. The van der Waals surface area contributed by atoms with Crippen molar-refractivity contribution in [3.8, 4) is 11.5 Å². The van der Waals surface area contributed by atoms with Gasteiger partial charge in [-0.15, -0.1) is 0 Å². The third-order valence-corrected chi connectivity index (χ3v) is 6.62. The van der Waals surface area contributed by atoms with Crippen molar-refractivity contribution < 1.29 is 32.2 Å². The molecule has 0 amide bonds. The van der Waals surface area contributed by atoms with Crippen LogP contribution in [0.1, 0.15) is 33.6 Å². The molecule has 0 bridgehead atoms. The lowest BCUT2D eigenvalue weighted by Crippen LogP contribution is -2.26. The lowest BCUT2D eigenvalue weighted by Gasteiger charge is -2.11. The van der Waals surface area contributed by atoms with Gasteiger partial charge in [-0.3, -0.25) is 4.79 Å². The fourth-order valence-corrected chi connectivity index (χ4v) is 4.37. The second-order valence-electron chi connectivity index (χ2n) is 6.60. The first-order valence-electron chi connectivity index (χ1n) is 8.99. The highest BCUT2D eigenvalue weighted by molar-refractivity contribution is 9.10. The second-order valence-corrected chi connectivity index (χ2v) is 9.17. The molecule has 0 aliphatic heterocycles. The first-order valence-corrected chi connectivity index (χ1v) is 11.3. The van der Waals surface area contributed by atoms with Gasteiger partial charge in [0.05, 0.1) is 30.2 Å². The Balaban J connectivity index is 1.75. The van der Waals surface area contributed by atoms with Crippen molar-refractivity contribution in [2.45, 2.75) is 23.8 Å². The SMILES string of the molecule is COc1ccc(OC)c(C(=O)COC(=O)c2cc(S(=O)(=O)NC3CC3)ccc2Br)c1. The number of ether oxygens (including phenoxy) is 3. The summed E-state index contributed by atoms with van der Waals surface area (Å²) in [6.07, 6.45) is 1.58. The minimum atomic E-state index is -3.74. The van der Waals surface area contributed by atoms with E-state index in [-0.39, 0.29) is 22.1 Å². The van der Waals surface area contributed by atoms with Gasteiger partial charge in [-0.1, -0.05) is 0 Å². The van der Waals surface area contributed by atoms with Crippen molar-refractivity contribution in [3.63, 3.8) is 0 Å². The van der Waals surface area contributed by atoms with Gasteiger partial charge in [-0.25, -0.2) is 17.9 Å². The molecule has 1 N–H and O–H groups in total. The molecule has 0 atom stereocenters. The van der Waals surface area contributed by atoms with Gasteiger partial charge in [0.15, 0.2) is 6.61 Å². The van der Waals surface area contributed by atoms with Crippen molar-refractivity contribution in [3.05, 3.63) is 52.0 Å². The molecule has 10 heteroatoms. The maximum Gasteiger partial charge on any atom is 0.339 e. The summed E-state index contributed by atoms with van der Waals surface area (Å²) in [6, 6.07) is 8.69. The summed E-state index contributed by atoms with van der Waals surface area (Å²) in [7, 11) is -0.852. The number of benzene rings is 2. The highest BCUT2D eigenvalue weighted by atomic mass is 79.9. The second kappa shape index (κ2) is 9.15. The number of nitrogens with one attached hydrogen (secondary N) is 1. The Kier molecular flexibility index (Phi) is 6.79. The summed E-state index contributed by atoms with van der Waals surface area (Å²) in [5, 5.41) is 0. The number of hydrogen-bond acceptors (Lipinski definition) is 7.